The fourth-order valence-corrected chi connectivity index (χ4v) is 3.19. The molecule has 3 nitrogen and oxygen atoms in total. The Morgan fingerprint density at radius 1 is 1.33 bits per heavy atom. The summed E-state index contributed by atoms with van der Waals surface area (Å²) < 4.78 is 13.6. The molecular formula is C17H22FN3. The molecule has 1 aromatic heterocycles. The third-order valence-corrected chi connectivity index (χ3v) is 4.38. The minimum atomic E-state index is -0.146. The molecule has 2 aromatic rings. The zero-order valence-corrected chi connectivity index (χ0v) is 12.5. The molecule has 1 fully saturated rings. The number of hydrogen-bond donors (Lipinski definition) is 1. The second kappa shape index (κ2) is 6.39. The molecule has 1 saturated heterocycles. The van der Waals surface area contributed by atoms with E-state index < -0.39 is 0 Å². The van der Waals surface area contributed by atoms with E-state index in [2.05, 4.69) is 21.8 Å². The maximum Gasteiger partial charge on any atom is 0.123 e. The summed E-state index contributed by atoms with van der Waals surface area (Å²) in [6.07, 6.45) is 6.50. The van der Waals surface area contributed by atoms with Crippen LogP contribution >= 0.6 is 0 Å². The first-order valence-corrected chi connectivity index (χ1v) is 7.72. The highest BCUT2D eigenvalue weighted by Gasteiger charge is 2.24. The standard InChI is InChI=1S/C17H22FN3/c1-13-16(20-12-19-13)11-21-9-4-2-3-8-17(21)14-6-5-7-15(18)10-14/h5-7,10,12,17H,2-4,8-9,11H2,1H3,(H,19,20)/t17-/m1/s1. The Morgan fingerprint density at radius 2 is 2.24 bits per heavy atom. The number of nitrogens with one attached hydrogen (secondary N) is 1. The highest BCUT2D eigenvalue weighted by Crippen LogP contribution is 2.31. The SMILES string of the molecule is Cc1[nH]cnc1CN1CCCCC[C@@H]1c1cccc(F)c1. The quantitative estimate of drug-likeness (QED) is 0.926. The van der Waals surface area contributed by atoms with Gasteiger partial charge in [-0.15, -0.1) is 0 Å². The van der Waals surface area contributed by atoms with Crippen molar-refractivity contribution in [1.29, 1.82) is 0 Å². The van der Waals surface area contributed by atoms with Gasteiger partial charge in [0, 0.05) is 18.3 Å². The second-order valence-corrected chi connectivity index (χ2v) is 5.86. The van der Waals surface area contributed by atoms with Gasteiger partial charge in [-0.3, -0.25) is 4.90 Å². The van der Waals surface area contributed by atoms with Crippen LogP contribution in [-0.4, -0.2) is 21.4 Å². The van der Waals surface area contributed by atoms with Crippen molar-refractivity contribution < 1.29 is 4.39 Å². The molecule has 1 aromatic carbocycles. The highest BCUT2D eigenvalue weighted by molar-refractivity contribution is 5.21. The Labute approximate surface area is 125 Å². The van der Waals surface area contributed by atoms with Gasteiger partial charge in [-0.2, -0.15) is 0 Å². The van der Waals surface area contributed by atoms with Gasteiger partial charge in [0.25, 0.3) is 0 Å². The molecule has 0 radical (unpaired) electrons. The minimum absolute atomic E-state index is 0.146. The molecule has 21 heavy (non-hydrogen) atoms. The Hall–Kier alpha value is -1.68. The number of nitrogens with zero attached hydrogens (tertiary/aromatic N) is 2. The lowest BCUT2D eigenvalue weighted by Crippen LogP contribution is -2.28. The Balaban J connectivity index is 1.85. The van der Waals surface area contributed by atoms with Crippen LogP contribution in [0.4, 0.5) is 4.39 Å². The summed E-state index contributed by atoms with van der Waals surface area (Å²) in [5.74, 6) is -0.146. The third-order valence-electron chi connectivity index (χ3n) is 4.38. The van der Waals surface area contributed by atoms with Crippen LogP contribution in [0.3, 0.4) is 0 Å². The van der Waals surface area contributed by atoms with Gasteiger partial charge in [-0.1, -0.05) is 25.0 Å². The summed E-state index contributed by atoms with van der Waals surface area (Å²) in [5.41, 5.74) is 3.31. The van der Waals surface area contributed by atoms with Gasteiger partial charge in [-0.05, 0) is 44.0 Å². The number of imidazole rings is 1. The van der Waals surface area contributed by atoms with Crippen molar-refractivity contribution in [3.8, 4) is 0 Å². The van der Waals surface area contributed by atoms with E-state index in [9.17, 15) is 4.39 Å². The summed E-state index contributed by atoms with van der Waals surface area (Å²) in [4.78, 5) is 10.0. The molecule has 0 bridgehead atoms. The number of aryl methyl sites for hydroxylation is 1. The lowest BCUT2D eigenvalue weighted by atomic mass is 10.0. The molecule has 2 heterocycles. The lowest BCUT2D eigenvalue weighted by molar-refractivity contribution is 0.189. The van der Waals surface area contributed by atoms with Gasteiger partial charge in [-0.25, -0.2) is 9.37 Å². The van der Waals surface area contributed by atoms with Gasteiger partial charge < -0.3 is 4.98 Å². The molecule has 0 aliphatic carbocycles. The smallest absolute Gasteiger partial charge is 0.123 e. The van der Waals surface area contributed by atoms with E-state index in [0.717, 1.165) is 36.5 Å². The summed E-state index contributed by atoms with van der Waals surface area (Å²) in [6.45, 7) is 3.93. The number of likely N-dealkylation sites (tertiary alicyclic amines) is 1. The zero-order valence-electron chi connectivity index (χ0n) is 12.5. The van der Waals surface area contributed by atoms with Gasteiger partial charge in [0.15, 0.2) is 0 Å². The van der Waals surface area contributed by atoms with E-state index in [1.165, 1.54) is 25.3 Å². The van der Waals surface area contributed by atoms with Crippen molar-refractivity contribution in [3.05, 3.63) is 53.4 Å². The topological polar surface area (TPSA) is 31.9 Å². The van der Waals surface area contributed by atoms with E-state index in [1.807, 2.05) is 12.1 Å². The van der Waals surface area contributed by atoms with Gasteiger partial charge in [0.1, 0.15) is 5.82 Å². The highest BCUT2D eigenvalue weighted by atomic mass is 19.1. The van der Waals surface area contributed by atoms with Crippen LogP contribution in [0.5, 0.6) is 0 Å². The molecule has 1 N–H and O–H groups in total. The monoisotopic (exact) mass is 287 g/mol. The fourth-order valence-electron chi connectivity index (χ4n) is 3.19. The van der Waals surface area contributed by atoms with E-state index >= 15 is 0 Å². The molecule has 0 unspecified atom stereocenters. The maximum atomic E-state index is 13.6. The minimum Gasteiger partial charge on any atom is -0.348 e. The van der Waals surface area contributed by atoms with Crippen molar-refractivity contribution in [1.82, 2.24) is 14.9 Å². The summed E-state index contributed by atoms with van der Waals surface area (Å²) in [5, 5.41) is 0. The van der Waals surface area contributed by atoms with Crippen LogP contribution in [0.1, 0.15) is 48.7 Å². The first-order chi connectivity index (χ1) is 10.2. The van der Waals surface area contributed by atoms with E-state index in [-0.39, 0.29) is 5.82 Å². The Kier molecular flexibility index (Phi) is 4.34. The molecule has 0 spiro atoms. The van der Waals surface area contributed by atoms with Crippen molar-refractivity contribution in [3.63, 3.8) is 0 Å². The molecule has 3 rings (SSSR count). The fraction of sp³-hybridized carbons (Fsp3) is 0.471. The van der Waals surface area contributed by atoms with E-state index in [4.69, 9.17) is 0 Å². The predicted octanol–water partition coefficient (Wildman–Crippen LogP) is 3.97. The summed E-state index contributed by atoms with van der Waals surface area (Å²) in [7, 11) is 0. The van der Waals surface area contributed by atoms with Gasteiger partial charge >= 0.3 is 0 Å². The molecule has 4 heteroatoms. The van der Waals surface area contributed by atoms with Crippen molar-refractivity contribution in [2.75, 3.05) is 6.54 Å². The van der Waals surface area contributed by atoms with Crippen LogP contribution in [0.2, 0.25) is 0 Å². The average molecular weight is 287 g/mol. The number of hydrogen-bond acceptors (Lipinski definition) is 2. The molecular weight excluding hydrogens is 265 g/mol. The summed E-state index contributed by atoms with van der Waals surface area (Å²) >= 11 is 0. The van der Waals surface area contributed by atoms with Crippen molar-refractivity contribution >= 4 is 0 Å². The van der Waals surface area contributed by atoms with Crippen LogP contribution in [-0.2, 0) is 6.54 Å². The largest absolute Gasteiger partial charge is 0.348 e. The molecule has 1 aliphatic heterocycles. The zero-order chi connectivity index (χ0) is 14.7. The van der Waals surface area contributed by atoms with Gasteiger partial charge in [0.2, 0.25) is 0 Å². The van der Waals surface area contributed by atoms with Gasteiger partial charge in [0.05, 0.1) is 12.0 Å². The van der Waals surface area contributed by atoms with E-state index in [0.29, 0.717) is 6.04 Å². The van der Waals surface area contributed by atoms with Crippen molar-refractivity contribution in [2.45, 2.75) is 45.2 Å². The van der Waals surface area contributed by atoms with Crippen LogP contribution < -0.4 is 0 Å². The molecule has 1 aliphatic rings. The third kappa shape index (κ3) is 3.32. The molecule has 112 valence electrons. The van der Waals surface area contributed by atoms with Crippen LogP contribution in [0.15, 0.2) is 30.6 Å². The number of rotatable bonds is 3. The normalized spacial score (nSPS) is 20.4. The maximum absolute atomic E-state index is 13.6. The molecule has 0 amide bonds. The number of benzene rings is 1. The second-order valence-electron chi connectivity index (χ2n) is 5.86. The van der Waals surface area contributed by atoms with Crippen LogP contribution in [0, 0.1) is 12.7 Å². The van der Waals surface area contributed by atoms with E-state index in [1.54, 1.807) is 12.4 Å². The number of halogens is 1. The predicted molar refractivity (Wildman–Crippen MR) is 81.3 cm³/mol. The average Bonchev–Trinajstić information content (AvgIpc) is 2.74. The van der Waals surface area contributed by atoms with Crippen molar-refractivity contribution in [2.24, 2.45) is 0 Å². The summed E-state index contributed by atoms with van der Waals surface area (Å²) in [6, 6.07) is 7.35. The molecule has 1 atom stereocenters. The lowest BCUT2D eigenvalue weighted by Gasteiger charge is -2.30. The Bertz CT molecular complexity index is 593. The number of aromatic amines is 1. The molecule has 0 saturated carbocycles. The van der Waals surface area contributed by atoms with Crippen LogP contribution in [0.25, 0.3) is 0 Å². The number of H-pyrrole nitrogens is 1. The first kappa shape index (κ1) is 14.3. The first-order valence-electron chi connectivity index (χ1n) is 7.72. The Morgan fingerprint density at radius 3 is 3.00 bits per heavy atom. The number of aromatic nitrogens is 2.